The van der Waals surface area contributed by atoms with Gasteiger partial charge in [0.1, 0.15) is 5.70 Å². The largest absolute Gasteiger partial charge is 0.364 e. The lowest BCUT2D eigenvalue weighted by Crippen LogP contribution is -2.47. The number of imide groups is 1. The molecule has 0 unspecified atom stereocenters. The second kappa shape index (κ2) is 8.25. The third-order valence-corrected chi connectivity index (χ3v) is 6.17. The maximum atomic E-state index is 13.6. The highest BCUT2D eigenvalue weighted by Gasteiger charge is 2.43. The maximum Gasteiger partial charge on any atom is 0.282 e. The number of aryl methyl sites for hydroxylation is 2. The summed E-state index contributed by atoms with van der Waals surface area (Å²) >= 11 is 6.07. The number of likely N-dealkylation sites (N-methyl/N-ethyl adjacent to an activating group) is 1. The first-order chi connectivity index (χ1) is 14.4. The molecule has 0 aliphatic carbocycles. The third-order valence-electron chi connectivity index (χ3n) is 5.92. The Morgan fingerprint density at radius 2 is 1.57 bits per heavy atom. The lowest BCUT2D eigenvalue weighted by molar-refractivity contribution is -0.120. The van der Waals surface area contributed by atoms with E-state index in [9.17, 15) is 9.59 Å². The van der Waals surface area contributed by atoms with Gasteiger partial charge in [0.05, 0.1) is 11.3 Å². The van der Waals surface area contributed by atoms with Crippen molar-refractivity contribution in [2.75, 3.05) is 37.6 Å². The maximum absolute atomic E-state index is 13.6. The normalized spacial score (nSPS) is 18.0. The molecule has 2 amide bonds. The minimum Gasteiger partial charge on any atom is -0.364 e. The van der Waals surface area contributed by atoms with Gasteiger partial charge in [0.2, 0.25) is 0 Å². The van der Waals surface area contributed by atoms with Crippen LogP contribution in [-0.2, 0) is 9.59 Å². The highest BCUT2D eigenvalue weighted by molar-refractivity contribution is 6.45. The second-order valence-electron chi connectivity index (χ2n) is 7.89. The van der Waals surface area contributed by atoms with E-state index in [1.165, 1.54) is 4.90 Å². The Morgan fingerprint density at radius 3 is 2.17 bits per heavy atom. The number of halogens is 1. The quantitative estimate of drug-likeness (QED) is 0.700. The summed E-state index contributed by atoms with van der Waals surface area (Å²) in [6.07, 6.45) is 0. The van der Waals surface area contributed by atoms with E-state index in [0.717, 1.165) is 49.4 Å². The number of carbonyl (C=O) groups excluding carboxylic acids is 2. The van der Waals surface area contributed by atoms with E-state index in [-0.39, 0.29) is 11.8 Å². The van der Waals surface area contributed by atoms with Crippen molar-refractivity contribution in [3.8, 4) is 0 Å². The number of piperazine rings is 1. The van der Waals surface area contributed by atoms with Crippen molar-refractivity contribution in [2.45, 2.75) is 20.8 Å². The van der Waals surface area contributed by atoms with E-state index in [1.807, 2.05) is 44.2 Å². The molecule has 2 aromatic rings. The molecule has 2 aromatic carbocycles. The molecule has 0 aromatic heterocycles. The highest BCUT2D eigenvalue weighted by atomic mass is 35.5. The molecule has 0 N–H and O–H groups in total. The minimum absolute atomic E-state index is 0.248. The van der Waals surface area contributed by atoms with Gasteiger partial charge < -0.3 is 9.80 Å². The Balaban J connectivity index is 1.79. The first kappa shape index (κ1) is 20.6. The van der Waals surface area contributed by atoms with Crippen molar-refractivity contribution in [3.05, 3.63) is 69.9 Å². The number of hydrogen-bond donors (Lipinski definition) is 0. The highest BCUT2D eigenvalue weighted by Crippen LogP contribution is 2.36. The van der Waals surface area contributed by atoms with Gasteiger partial charge in [0.25, 0.3) is 11.8 Å². The Kier molecular flexibility index (Phi) is 5.67. The van der Waals surface area contributed by atoms with Crippen LogP contribution in [0.3, 0.4) is 0 Å². The van der Waals surface area contributed by atoms with E-state index in [0.29, 0.717) is 22.0 Å². The molecule has 0 saturated carbocycles. The van der Waals surface area contributed by atoms with Gasteiger partial charge in [-0.05, 0) is 49.7 Å². The molecule has 156 valence electrons. The van der Waals surface area contributed by atoms with Crippen LogP contribution in [0.25, 0.3) is 5.57 Å². The molecule has 1 saturated heterocycles. The summed E-state index contributed by atoms with van der Waals surface area (Å²) in [4.78, 5) is 33.0. The molecule has 4 rings (SSSR count). The van der Waals surface area contributed by atoms with Crippen molar-refractivity contribution in [2.24, 2.45) is 0 Å². The van der Waals surface area contributed by atoms with Crippen molar-refractivity contribution >= 4 is 34.7 Å². The average Bonchev–Trinajstić information content (AvgIpc) is 2.99. The SMILES string of the molecule is CCN1CCN(C2=C(c3ccc(Cl)cc3)C(=O)N(c3ccc(C)cc3C)C2=O)CC1. The van der Waals surface area contributed by atoms with Gasteiger partial charge in [0, 0.05) is 31.2 Å². The number of benzene rings is 2. The molecule has 2 aliphatic rings. The van der Waals surface area contributed by atoms with Gasteiger partial charge in [-0.1, -0.05) is 48.4 Å². The van der Waals surface area contributed by atoms with Crippen LogP contribution in [0.5, 0.6) is 0 Å². The van der Waals surface area contributed by atoms with Gasteiger partial charge in [0.15, 0.2) is 0 Å². The summed E-state index contributed by atoms with van der Waals surface area (Å²) in [5.74, 6) is -0.524. The van der Waals surface area contributed by atoms with E-state index in [1.54, 1.807) is 12.1 Å². The van der Waals surface area contributed by atoms with Crippen molar-refractivity contribution in [1.29, 1.82) is 0 Å². The second-order valence-corrected chi connectivity index (χ2v) is 8.32. The van der Waals surface area contributed by atoms with E-state index < -0.39 is 0 Å². The van der Waals surface area contributed by atoms with Crippen LogP contribution < -0.4 is 4.90 Å². The van der Waals surface area contributed by atoms with E-state index in [2.05, 4.69) is 16.7 Å². The van der Waals surface area contributed by atoms with Crippen LogP contribution in [0.1, 0.15) is 23.6 Å². The Bertz CT molecular complexity index is 1020. The summed E-state index contributed by atoms with van der Waals surface area (Å²) in [6.45, 7) is 10.2. The molecule has 1 fully saturated rings. The number of carbonyl (C=O) groups is 2. The van der Waals surface area contributed by atoms with Gasteiger partial charge in [-0.25, -0.2) is 4.90 Å². The fraction of sp³-hybridized carbons (Fsp3) is 0.333. The van der Waals surface area contributed by atoms with Crippen LogP contribution in [0.2, 0.25) is 5.02 Å². The van der Waals surface area contributed by atoms with Crippen LogP contribution in [0.15, 0.2) is 48.2 Å². The standard InChI is InChI=1S/C24H26ClN3O2/c1-4-26-11-13-27(14-12-26)22-21(18-6-8-19(25)9-7-18)23(29)28(24(22)30)20-10-5-16(2)15-17(20)3/h5-10,15H,4,11-14H2,1-3H3. The zero-order valence-electron chi connectivity index (χ0n) is 17.6. The summed E-state index contributed by atoms with van der Waals surface area (Å²) < 4.78 is 0. The first-order valence-corrected chi connectivity index (χ1v) is 10.7. The average molecular weight is 424 g/mol. The fourth-order valence-electron chi connectivity index (χ4n) is 4.25. The number of rotatable bonds is 4. The molecule has 0 radical (unpaired) electrons. The number of nitrogens with zero attached hydrogens (tertiary/aromatic N) is 3. The topological polar surface area (TPSA) is 43.9 Å². The van der Waals surface area contributed by atoms with Crippen LogP contribution in [-0.4, -0.2) is 54.3 Å². The summed E-state index contributed by atoms with van der Waals surface area (Å²) in [5.41, 5.74) is 4.32. The van der Waals surface area contributed by atoms with E-state index >= 15 is 0 Å². The lowest BCUT2D eigenvalue weighted by atomic mass is 10.0. The molecule has 2 heterocycles. The molecular weight excluding hydrogens is 398 g/mol. The van der Waals surface area contributed by atoms with E-state index in [4.69, 9.17) is 11.6 Å². The molecule has 0 atom stereocenters. The van der Waals surface area contributed by atoms with Gasteiger partial charge in [-0.15, -0.1) is 0 Å². The first-order valence-electron chi connectivity index (χ1n) is 10.3. The molecule has 2 aliphatic heterocycles. The monoisotopic (exact) mass is 423 g/mol. The summed E-state index contributed by atoms with van der Waals surface area (Å²) in [6, 6.07) is 12.9. The molecule has 0 bridgehead atoms. The third kappa shape index (κ3) is 3.64. The molecular formula is C24H26ClN3O2. The number of anilines is 1. The van der Waals surface area contributed by atoms with Crippen molar-refractivity contribution in [1.82, 2.24) is 9.80 Å². The molecule has 0 spiro atoms. The zero-order valence-corrected chi connectivity index (χ0v) is 18.4. The zero-order chi connectivity index (χ0) is 21.4. The smallest absolute Gasteiger partial charge is 0.282 e. The van der Waals surface area contributed by atoms with Gasteiger partial charge in [-0.3, -0.25) is 9.59 Å². The van der Waals surface area contributed by atoms with Crippen molar-refractivity contribution in [3.63, 3.8) is 0 Å². The Hall–Kier alpha value is -2.63. The number of hydrogen-bond acceptors (Lipinski definition) is 4. The fourth-order valence-corrected chi connectivity index (χ4v) is 4.38. The predicted octanol–water partition coefficient (Wildman–Crippen LogP) is 3.88. The molecule has 30 heavy (non-hydrogen) atoms. The number of amides is 2. The lowest BCUT2D eigenvalue weighted by Gasteiger charge is -2.36. The summed E-state index contributed by atoms with van der Waals surface area (Å²) in [5, 5.41) is 0.598. The predicted molar refractivity (Wildman–Crippen MR) is 120 cm³/mol. The molecule has 5 nitrogen and oxygen atoms in total. The Morgan fingerprint density at radius 1 is 0.900 bits per heavy atom. The van der Waals surface area contributed by atoms with Crippen molar-refractivity contribution < 1.29 is 9.59 Å². The van der Waals surface area contributed by atoms with Crippen LogP contribution >= 0.6 is 11.6 Å². The summed E-state index contributed by atoms with van der Waals surface area (Å²) in [7, 11) is 0. The van der Waals surface area contributed by atoms with Crippen LogP contribution in [0.4, 0.5) is 5.69 Å². The van der Waals surface area contributed by atoms with Crippen LogP contribution in [0, 0.1) is 13.8 Å². The van der Waals surface area contributed by atoms with Gasteiger partial charge >= 0.3 is 0 Å². The Labute approximate surface area is 182 Å². The van der Waals surface area contributed by atoms with Gasteiger partial charge in [-0.2, -0.15) is 0 Å². The minimum atomic E-state index is -0.276. The molecule has 6 heteroatoms.